The highest BCUT2D eigenvalue weighted by molar-refractivity contribution is 4.80. The largest absolute Gasteiger partial charge is 0.317 e. The van der Waals surface area contributed by atoms with Gasteiger partial charge in [0, 0.05) is 0 Å². The van der Waals surface area contributed by atoms with Gasteiger partial charge in [-0.25, -0.2) is 0 Å². The first kappa shape index (κ1) is 20.7. The van der Waals surface area contributed by atoms with E-state index in [-0.39, 0.29) is 0 Å². The van der Waals surface area contributed by atoms with Crippen LogP contribution < -0.4 is 5.32 Å². The van der Waals surface area contributed by atoms with Crippen LogP contribution >= 0.6 is 0 Å². The van der Waals surface area contributed by atoms with E-state index in [1.807, 2.05) is 0 Å². The molecule has 126 valence electrons. The van der Waals surface area contributed by atoms with Crippen LogP contribution in [0.15, 0.2) is 12.2 Å². The van der Waals surface area contributed by atoms with Crippen molar-refractivity contribution in [1.82, 2.24) is 5.32 Å². The standard InChI is InChI=1S/C20H41N/c1-3-5-7-9-11-13-15-17-19-21-20-18-16-14-12-10-8-6-4-2/h7,9,21H,3-6,8,10-20H2,1-2H3/b9-7+. The molecule has 0 unspecified atom stereocenters. The molecular formula is C20H41N. The van der Waals surface area contributed by atoms with Gasteiger partial charge in [0.1, 0.15) is 0 Å². The molecular weight excluding hydrogens is 254 g/mol. The summed E-state index contributed by atoms with van der Waals surface area (Å²) in [6.45, 7) is 6.97. The lowest BCUT2D eigenvalue weighted by Gasteiger charge is -2.04. The van der Waals surface area contributed by atoms with Gasteiger partial charge in [0.05, 0.1) is 0 Å². The molecule has 0 radical (unpaired) electrons. The van der Waals surface area contributed by atoms with Crippen LogP contribution in [-0.2, 0) is 0 Å². The lowest BCUT2D eigenvalue weighted by Crippen LogP contribution is -2.16. The van der Waals surface area contributed by atoms with Gasteiger partial charge in [-0.05, 0) is 45.2 Å². The number of nitrogens with one attached hydrogen (secondary N) is 1. The second-order valence-electron chi connectivity index (χ2n) is 6.33. The fourth-order valence-corrected chi connectivity index (χ4v) is 2.60. The third-order valence-electron chi connectivity index (χ3n) is 4.05. The fraction of sp³-hybridized carbons (Fsp3) is 0.900. The van der Waals surface area contributed by atoms with Gasteiger partial charge < -0.3 is 5.32 Å². The molecule has 1 N–H and O–H groups in total. The summed E-state index contributed by atoms with van der Waals surface area (Å²) in [5.41, 5.74) is 0. The first-order chi connectivity index (χ1) is 10.4. The summed E-state index contributed by atoms with van der Waals surface area (Å²) in [5, 5.41) is 3.59. The van der Waals surface area contributed by atoms with E-state index in [0.29, 0.717) is 0 Å². The van der Waals surface area contributed by atoms with Crippen LogP contribution in [0.1, 0.15) is 104 Å². The molecule has 21 heavy (non-hydrogen) atoms. The fourth-order valence-electron chi connectivity index (χ4n) is 2.60. The van der Waals surface area contributed by atoms with E-state index in [1.54, 1.807) is 0 Å². The SMILES string of the molecule is CCC/C=C/CCCCCNCCCCCCCCCC. The van der Waals surface area contributed by atoms with Crippen molar-refractivity contribution in [2.75, 3.05) is 13.1 Å². The summed E-state index contributed by atoms with van der Waals surface area (Å²) in [6.07, 6.45) is 23.9. The van der Waals surface area contributed by atoms with E-state index in [0.717, 1.165) is 0 Å². The molecule has 0 aromatic rings. The van der Waals surface area contributed by atoms with Gasteiger partial charge in [0.15, 0.2) is 0 Å². The topological polar surface area (TPSA) is 12.0 Å². The highest BCUT2D eigenvalue weighted by atomic mass is 14.8. The van der Waals surface area contributed by atoms with Crippen LogP contribution in [0.25, 0.3) is 0 Å². The molecule has 0 aliphatic carbocycles. The molecule has 0 bridgehead atoms. The smallest absolute Gasteiger partial charge is 0.00489 e. The highest BCUT2D eigenvalue weighted by Crippen LogP contribution is 2.08. The van der Waals surface area contributed by atoms with Gasteiger partial charge in [-0.1, -0.05) is 83.8 Å². The van der Waals surface area contributed by atoms with Crippen LogP contribution in [0.5, 0.6) is 0 Å². The molecule has 0 aromatic heterocycles. The minimum absolute atomic E-state index is 1.22. The van der Waals surface area contributed by atoms with E-state index >= 15 is 0 Å². The maximum Gasteiger partial charge on any atom is -0.00489 e. The van der Waals surface area contributed by atoms with E-state index in [1.165, 1.54) is 103 Å². The quantitative estimate of drug-likeness (QED) is 0.234. The summed E-state index contributed by atoms with van der Waals surface area (Å²) in [6, 6.07) is 0. The third kappa shape index (κ3) is 19.7. The second-order valence-corrected chi connectivity index (χ2v) is 6.33. The molecule has 0 rings (SSSR count). The van der Waals surface area contributed by atoms with Crippen LogP contribution in [0, 0.1) is 0 Å². The first-order valence-corrected chi connectivity index (χ1v) is 9.77. The highest BCUT2D eigenvalue weighted by Gasteiger charge is 1.92. The second kappa shape index (κ2) is 19.7. The van der Waals surface area contributed by atoms with Gasteiger partial charge in [0.2, 0.25) is 0 Å². The third-order valence-corrected chi connectivity index (χ3v) is 4.05. The number of hydrogen-bond donors (Lipinski definition) is 1. The number of rotatable bonds is 17. The Bertz CT molecular complexity index is 198. The predicted molar refractivity (Wildman–Crippen MR) is 98.0 cm³/mol. The molecule has 0 spiro atoms. The maximum absolute atomic E-state index is 3.59. The first-order valence-electron chi connectivity index (χ1n) is 9.77. The van der Waals surface area contributed by atoms with Crippen LogP contribution in [0.2, 0.25) is 0 Å². The minimum Gasteiger partial charge on any atom is -0.317 e. The zero-order chi connectivity index (χ0) is 15.4. The van der Waals surface area contributed by atoms with Gasteiger partial charge in [-0.3, -0.25) is 0 Å². The Labute approximate surface area is 135 Å². The summed E-state index contributed by atoms with van der Waals surface area (Å²) in [4.78, 5) is 0. The molecule has 1 nitrogen and oxygen atoms in total. The lowest BCUT2D eigenvalue weighted by atomic mass is 10.1. The van der Waals surface area contributed by atoms with Gasteiger partial charge in [-0.15, -0.1) is 0 Å². The van der Waals surface area contributed by atoms with Gasteiger partial charge in [-0.2, -0.15) is 0 Å². The van der Waals surface area contributed by atoms with Crippen molar-refractivity contribution in [3.05, 3.63) is 12.2 Å². The lowest BCUT2D eigenvalue weighted by molar-refractivity contribution is 0.544. The Hall–Kier alpha value is -0.300. The molecule has 0 aliphatic heterocycles. The van der Waals surface area contributed by atoms with Crippen molar-refractivity contribution in [3.63, 3.8) is 0 Å². The monoisotopic (exact) mass is 295 g/mol. The number of unbranched alkanes of at least 4 members (excludes halogenated alkanes) is 11. The average Bonchev–Trinajstić information content (AvgIpc) is 2.50. The van der Waals surface area contributed by atoms with Crippen molar-refractivity contribution >= 4 is 0 Å². The summed E-state index contributed by atoms with van der Waals surface area (Å²) < 4.78 is 0. The summed E-state index contributed by atoms with van der Waals surface area (Å²) in [5.74, 6) is 0. The molecule has 0 heterocycles. The van der Waals surface area contributed by atoms with Crippen LogP contribution in [0.3, 0.4) is 0 Å². The predicted octanol–water partition coefficient (Wildman–Crippen LogP) is 6.63. The Morgan fingerprint density at radius 2 is 1.05 bits per heavy atom. The van der Waals surface area contributed by atoms with E-state index < -0.39 is 0 Å². The summed E-state index contributed by atoms with van der Waals surface area (Å²) in [7, 11) is 0. The zero-order valence-electron chi connectivity index (χ0n) is 15.0. The molecule has 0 fully saturated rings. The Morgan fingerprint density at radius 1 is 0.524 bits per heavy atom. The van der Waals surface area contributed by atoms with Crippen molar-refractivity contribution < 1.29 is 0 Å². The molecule has 0 aliphatic rings. The Morgan fingerprint density at radius 3 is 1.67 bits per heavy atom. The van der Waals surface area contributed by atoms with Crippen molar-refractivity contribution in [2.45, 2.75) is 104 Å². The number of hydrogen-bond acceptors (Lipinski definition) is 1. The van der Waals surface area contributed by atoms with E-state index in [9.17, 15) is 0 Å². The average molecular weight is 296 g/mol. The molecule has 0 aromatic carbocycles. The minimum atomic E-state index is 1.22. The van der Waals surface area contributed by atoms with Crippen LogP contribution in [-0.4, -0.2) is 13.1 Å². The Balaban J connectivity index is 2.96. The molecule has 1 heteroatoms. The van der Waals surface area contributed by atoms with Crippen molar-refractivity contribution in [1.29, 1.82) is 0 Å². The molecule has 0 saturated carbocycles. The molecule has 0 saturated heterocycles. The van der Waals surface area contributed by atoms with Gasteiger partial charge in [0.25, 0.3) is 0 Å². The van der Waals surface area contributed by atoms with Crippen molar-refractivity contribution in [3.8, 4) is 0 Å². The van der Waals surface area contributed by atoms with E-state index in [2.05, 4.69) is 31.3 Å². The zero-order valence-corrected chi connectivity index (χ0v) is 15.0. The van der Waals surface area contributed by atoms with E-state index in [4.69, 9.17) is 0 Å². The molecule has 0 amide bonds. The number of allylic oxidation sites excluding steroid dienone is 2. The van der Waals surface area contributed by atoms with Gasteiger partial charge >= 0.3 is 0 Å². The summed E-state index contributed by atoms with van der Waals surface area (Å²) >= 11 is 0. The normalized spacial score (nSPS) is 11.5. The van der Waals surface area contributed by atoms with Crippen LogP contribution in [0.4, 0.5) is 0 Å². The Kier molecular flexibility index (Phi) is 19.4. The molecule has 0 atom stereocenters. The van der Waals surface area contributed by atoms with Crippen molar-refractivity contribution in [2.24, 2.45) is 0 Å². The maximum atomic E-state index is 3.59.